The van der Waals surface area contributed by atoms with E-state index in [2.05, 4.69) is 29.4 Å². The predicted molar refractivity (Wildman–Crippen MR) is 60.4 cm³/mol. The Kier molecular flexibility index (Phi) is 3.60. The molecule has 1 atom stereocenters. The van der Waals surface area contributed by atoms with Crippen LogP contribution in [-0.2, 0) is 0 Å². The normalized spacial score (nSPS) is 30.8. The minimum atomic E-state index is 0.739. The fraction of sp³-hybridized carbons (Fsp3) is 0.833. The third kappa shape index (κ3) is 2.82. The molecule has 0 amide bonds. The molecule has 0 aromatic heterocycles. The molecule has 0 radical (unpaired) electrons. The summed E-state index contributed by atoms with van der Waals surface area (Å²) in [5.41, 5.74) is 0. The van der Waals surface area contributed by atoms with Gasteiger partial charge in [0, 0.05) is 12.1 Å². The first-order valence-corrected chi connectivity index (χ1v) is 5.94. The van der Waals surface area contributed by atoms with Gasteiger partial charge in [0.25, 0.3) is 0 Å². The number of nitrogens with one attached hydrogen (secondary N) is 1. The Morgan fingerprint density at radius 2 is 1.86 bits per heavy atom. The fourth-order valence-electron chi connectivity index (χ4n) is 2.49. The van der Waals surface area contributed by atoms with Crippen molar-refractivity contribution in [3.63, 3.8) is 0 Å². The molecule has 2 aliphatic rings. The Bertz CT molecular complexity index is 192. The lowest BCUT2D eigenvalue weighted by Gasteiger charge is -2.21. The summed E-state index contributed by atoms with van der Waals surface area (Å²) in [5.74, 6) is 0. The van der Waals surface area contributed by atoms with E-state index in [4.69, 9.17) is 0 Å². The highest BCUT2D eigenvalue weighted by molar-refractivity contribution is 4.98. The molecule has 0 spiro atoms. The Labute approximate surface area is 87.4 Å². The SMILES string of the molecule is CN1CCCC(NC2CC=CC2)CC1. The molecule has 1 unspecified atom stereocenters. The number of nitrogens with zero attached hydrogens (tertiary/aromatic N) is 1. The van der Waals surface area contributed by atoms with E-state index in [9.17, 15) is 0 Å². The van der Waals surface area contributed by atoms with Gasteiger partial charge in [-0.15, -0.1) is 0 Å². The van der Waals surface area contributed by atoms with Crippen LogP contribution in [-0.4, -0.2) is 37.1 Å². The van der Waals surface area contributed by atoms with Gasteiger partial charge < -0.3 is 10.2 Å². The smallest absolute Gasteiger partial charge is 0.0139 e. The van der Waals surface area contributed by atoms with Crippen LogP contribution in [0.3, 0.4) is 0 Å². The third-order valence-corrected chi connectivity index (χ3v) is 3.43. The summed E-state index contributed by atoms with van der Waals surface area (Å²) in [6.45, 7) is 2.54. The summed E-state index contributed by atoms with van der Waals surface area (Å²) in [7, 11) is 2.24. The average Bonchev–Trinajstić information content (AvgIpc) is 2.58. The van der Waals surface area contributed by atoms with Crippen molar-refractivity contribution in [1.29, 1.82) is 0 Å². The van der Waals surface area contributed by atoms with Crippen molar-refractivity contribution in [3.8, 4) is 0 Å². The van der Waals surface area contributed by atoms with Crippen molar-refractivity contribution < 1.29 is 0 Å². The first kappa shape index (κ1) is 10.2. The van der Waals surface area contributed by atoms with Gasteiger partial charge in [-0.25, -0.2) is 0 Å². The van der Waals surface area contributed by atoms with Crippen LogP contribution in [0, 0.1) is 0 Å². The molecule has 2 rings (SSSR count). The van der Waals surface area contributed by atoms with Gasteiger partial charge >= 0.3 is 0 Å². The van der Waals surface area contributed by atoms with Crippen LogP contribution in [0.15, 0.2) is 12.2 Å². The maximum Gasteiger partial charge on any atom is 0.0139 e. The monoisotopic (exact) mass is 194 g/mol. The highest BCUT2D eigenvalue weighted by atomic mass is 15.1. The van der Waals surface area contributed by atoms with E-state index < -0.39 is 0 Å². The minimum absolute atomic E-state index is 0.739. The zero-order chi connectivity index (χ0) is 9.80. The second kappa shape index (κ2) is 4.94. The predicted octanol–water partition coefficient (Wildman–Crippen LogP) is 1.78. The molecule has 80 valence electrons. The van der Waals surface area contributed by atoms with Crippen LogP contribution >= 0.6 is 0 Å². The summed E-state index contributed by atoms with van der Waals surface area (Å²) in [4.78, 5) is 2.45. The van der Waals surface area contributed by atoms with Gasteiger partial charge in [-0.1, -0.05) is 12.2 Å². The Morgan fingerprint density at radius 3 is 2.64 bits per heavy atom. The van der Waals surface area contributed by atoms with Gasteiger partial charge in [0.2, 0.25) is 0 Å². The molecule has 1 fully saturated rings. The molecule has 14 heavy (non-hydrogen) atoms. The molecule has 0 saturated carbocycles. The quantitative estimate of drug-likeness (QED) is 0.674. The summed E-state index contributed by atoms with van der Waals surface area (Å²) in [5, 5.41) is 3.79. The molecule has 1 N–H and O–H groups in total. The van der Waals surface area contributed by atoms with E-state index in [-0.39, 0.29) is 0 Å². The van der Waals surface area contributed by atoms with Gasteiger partial charge in [0.1, 0.15) is 0 Å². The second-order valence-electron chi connectivity index (χ2n) is 4.74. The highest BCUT2D eigenvalue weighted by Gasteiger charge is 2.18. The van der Waals surface area contributed by atoms with Crippen LogP contribution in [0.5, 0.6) is 0 Å². The minimum Gasteiger partial charge on any atom is -0.311 e. The second-order valence-corrected chi connectivity index (χ2v) is 4.74. The van der Waals surface area contributed by atoms with Gasteiger partial charge in [0.05, 0.1) is 0 Å². The van der Waals surface area contributed by atoms with Crippen molar-refractivity contribution in [2.75, 3.05) is 20.1 Å². The van der Waals surface area contributed by atoms with E-state index in [1.54, 1.807) is 0 Å². The summed E-state index contributed by atoms with van der Waals surface area (Å²) in [6, 6.07) is 1.51. The molecule has 2 heteroatoms. The molecule has 1 heterocycles. The molecule has 1 saturated heterocycles. The van der Waals surface area contributed by atoms with Crippen molar-refractivity contribution in [2.24, 2.45) is 0 Å². The fourth-order valence-corrected chi connectivity index (χ4v) is 2.49. The molecule has 1 aliphatic carbocycles. The van der Waals surface area contributed by atoms with Crippen molar-refractivity contribution in [1.82, 2.24) is 10.2 Å². The number of hydrogen-bond donors (Lipinski definition) is 1. The Balaban J connectivity index is 1.74. The Hall–Kier alpha value is -0.340. The van der Waals surface area contributed by atoms with Crippen molar-refractivity contribution >= 4 is 0 Å². The first-order chi connectivity index (χ1) is 6.84. The number of likely N-dealkylation sites (tertiary alicyclic amines) is 1. The van der Waals surface area contributed by atoms with E-state index in [1.165, 1.54) is 45.2 Å². The molecular weight excluding hydrogens is 172 g/mol. The van der Waals surface area contributed by atoms with Crippen LogP contribution in [0.4, 0.5) is 0 Å². The highest BCUT2D eigenvalue weighted by Crippen LogP contribution is 2.15. The van der Waals surface area contributed by atoms with E-state index in [0.717, 1.165) is 12.1 Å². The van der Waals surface area contributed by atoms with Crippen molar-refractivity contribution in [2.45, 2.75) is 44.2 Å². The van der Waals surface area contributed by atoms with Crippen LogP contribution in [0.2, 0.25) is 0 Å². The molecule has 0 bridgehead atoms. The van der Waals surface area contributed by atoms with Gasteiger partial charge in [-0.3, -0.25) is 0 Å². The van der Waals surface area contributed by atoms with Crippen LogP contribution < -0.4 is 5.32 Å². The molecule has 1 aliphatic heterocycles. The summed E-state index contributed by atoms with van der Waals surface area (Å²) in [6.07, 6.45) is 11.1. The molecule has 2 nitrogen and oxygen atoms in total. The summed E-state index contributed by atoms with van der Waals surface area (Å²) >= 11 is 0. The van der Waals surface area contributed by atoms with E-state index >= 15 is 0 Å². The van der Waals surface area contributed by atoms with Gasteiger partial charge in [-0.05, 0) is 52.2 Å². The third-order valence-electron chi connectivity index (χ3n) is 3.43. The molecular formula is C12H22N2. The van der Waals surface area contributed by atoms with E-state index in [0.29, 0.717) is 0 Å². The topological polar surface area (TPSA) is 15.3 Å². The number of rotatable bonds is 2. The lowest BCUT2D eigenvalue weighted by atomic mass is 10.1. The number of hydrogen-bond acceptors (Lipinski definition) is 2. The van der Waals surface area contributed by atoms with Crippen LogP contribution in [0.1, 0.15) is 32.1 Å². The van der Waals surface area contributed by atoms with Gasteiger partial charge in [-0.2, -0.15) is 0 Å². The zero-order valence-electron chi connectivity index (χ0n) is 9.21. The first-order valence-electron chi connectivity index (χ1n) is 5.94. The van der Waals surface area contributed by atoms with Crippen molar-refractivity contribution in [3.05, 3.63) is 12.2 Å². The zero-order valence-corrected chi connectivity index (χ0v) is 9.21. The lowest BCUT2D eigenvalue weighted by molar-refractivity contribution is 0.339. The standard InChI is InChI=1S/C12H22N2/c1-14-9-4-7-12(8-10-14)13-11-5-2-3-6-11/h2-3,11-13H,4-10H2,1H3. The Morgan fingerprint density at radius 1 is 1.07 bits per heavy atom. The lowest BCUT2D eigenvalue weighted by Crippen LogP contribution is -2.37. The van der Waals surface area contributed by atoms with E-state index in [1.807, 2.05) is 0 Å². The average molecular weight is 194 g/mol. The molecule has 0 aromatic carbocycles. The maximum atomic E-state index is 3.79. The molecule has 0 aromatic rings. The van der Waals surface area contributed by atoms with Crippen LogP contribution in [0.25, 0.3) is 0 Å². The maximum absolute atomic E-state index is 3.79. The largest absolute Gasteiger partial charge is 0.311 e. The summed E-state index contributed by atoms with van der Waals surface area (Å²) < 4.78 is 0. The van der Waals surface area contributed by atoms with Gasteiger partial charge in [0.15, 0.2) is 0 Å².